The van der Waals surface area contributed by atoms with Crippen molar-refractivity contribution < 1.29 is 19.1 Å². The molecule has 0 aliphatic heterocycles. The van der Waals surface area contributed by atoms with Gasteiger partial charge in [0.2, 0.25) is 11.8 Å². The number of hydrogen-bond donors (Lipinski definition) is 1. The number of ether oxygens (including phenoxy) is 2. The van der Waals surface area contributed by atoms with Crippen molar-refractivity contribution in [1.82, 2.24) is 10.2 Å². The van der Waals surface area contributed by atoms with Gasteiger partial charge >= 0.3 is 0 Å². The Hall–Kier alpha value is -3.02. The maximum absolute atomic E-state index is 13.3. The summed E-state index contributed by atoms with van der Waals surface area (Å²) in [4.78, 5) is 28.0. The van der Waals surface area contributed by atoms with E-state index in [1.54, 1.807) is 19.1 Å². The molecule has 2 rings (SSSR count). The van der Waals surface area contributed by atoms with Crippen molar-refractivity contribution in [2.24, 2.45) is 0 Å². The topological polar surface area (TPSA) is 67.9 Å². The molecule has 2 atom stereocenters. The molecule has 0 radical (unpaired) electrons. The normalized spacial score (nSPS) is 12.5. The first kappa shape index (κ1) is 24.3. The fourth-order valence-corrected chi connectivity index (χ4v) is 3.31. The Morgan fingerprint density at radius 3 is 1.84 bits per heavy atom. The van der Waals surface area contributed by atoms with E-state index in [1.807, 2.05) is 69.3 Å². The molecule has 0 saturated heterocycles. The van der Waals surface area contributed by atoms with E-state index in [9.17, 15) is 9.59 Å². The summed E-state index contributed by atoms with van der Waals surface area (Å²) < 4.78 is 10.4. The van der Waals surface area contributed by atoms with Gasteiger partial charge in [0.25, 0.3) is 0 Å². The molecular formula is C25H34N2O4. The quantitative estimate of drug-likeness (QED) is 0.590. The second-order valence-electron chi connectivity index (χ2n) is 7.64. The van der Waals surface area contributed by atoms with Crippen LogP contribution in [0.25, 0.3) is 0 Å². The number of hydrogen-bond acceptors (Lipinski definition) is 4. The summed E-state index contributed by atoms with van der Waals surface area (Å²) in [5, 5.41) is 3.03. The van der Waals surface area contributed by atoms with Gasteiger partial charge in [0, 0.05) is 12.6 Å². The van der Waals surface area contributed by atoms with Crippen molar-refractivity contribution in [1.29, 1.82) is 0 Å². The molecule has 0 aromatic heterocycles. The predicted molar refractivity (Wildman–Crippen MR) is 122 cm³/mol. The van der Waals surface area contributed by atoms with Crippen LogP contribution in [0.5, 0.6) is 11.5 Å². The lowest BCUT2D eigenvalue weighted by molar-refractivity contribution is -0.141. The Morgan fingerprint density at radius 1 is 0.871 bits per heavy atom. The molecule has 31 heavy (non-hydrogen) atoms. The Balaban J connectivity index is 2.27. The molecule has 2 aromatic rings. The molecule has 0 aliphatic rings. The third-order valence-corrected chi connectivity index (χ3v) is 5.41. The molecule has 2 aromatic carbocycles. The first-order chi connectivity index (χ1) is 14.9. The number of rotatable bonds is 11. The second-order valence-corrected chi connectivity index (χ2v) is 7.64. The molecule has 6 nitrogen and oxygen atoms in total. The molecule has 1 N–H and O–H groups in total. The van der Waals surface area contributed by atoms with Gasteiger partial charge in [-0.15, -0.1) is 0 Å². The van der Waals surface area contributed by atoms with Crippen LogP contribution in [-0.2, 0) is 22.6 Å². The van der Waals surface area contributed by atoms with Gasteiger partial charge in [-0.3, -0.25) is 9.59 Å². The highest BCUT2D eigenvalue weighted by atomic mass is 16.5. The highest BCUT2D eigenvalue weighted by molar-refractivity contribution is 5.88. The Labute approximate surface area is 185 Å². The molecule has 0 aliphatic carbocycles. The lowest BCUT2D eigenvalue weighted by Gasteiger charge is -2.31. The van der Waals surface area contributed by atoms with E-state index >= 15 is 0 Å². The predicted octanol–water partition coefficient (Wildman–Crippen LogP) is 3.97. The van der Waals surface area contributed by atoms with Gasteiger partial charge < -0.3 is 19.7 Å². The first-order valence-electron chi connectivity index (χ1n) is 10.8. The van der Waals surface area contributed by atoms with Crippen LogP contribution in [0.4, 0.5) is 0 Å². The Bertz CT molecular complexity index is 834. The van der Waals surface area contributed by atoms with Crippen molar-refractivity contribution in [2.45, 2.75) is 58.7 Å². The van der Waals surface area contributed by atoms with Gasteiger partial charge in [0.15, 0.2) is 0 Å². The summed E-state index contributed by atoms with van der Waals surface area (Å²) in [6.07, 6.45) is 1.58. The van der Waals surface area contributed by atoms with E-state index < -0.39 is 6.04 Å². The maximum Gasteiger partial charge on any atom is 0.243 e. The van der Waals surface area contributed by atoms with Crippen LogP contribution in [0.2, 0.25) is 0 Å². The Morgan fingerprint density at radius 2 is 1.39 bits per heavy atom. The van der Waals surface area contributed by atoms with Gasteiger partial charge in [-0.1, -0.05) is 38.1 Å². The first-order valence-corrected chi connectivity index (χ1v) is 10.8. The fourth-order valence-electron chi connectivity index (χ4n) is 3.31. The zero-order chi connectivity index (χ0) is 22.8. The van der Waals surface area contributed by atoms with Crippen molar-refractivity contribution in [3.63, 3.8) is 0 Å². The van der Waals surface area contributed by atoms with Crippen LogP contribution in [-0.4, -0.2) is 43.0 Å². The second kappa shape index (κ2) is 12.0. The standard InChI is InChI=1S/C25H34N2O4/c1-6-18(3)26-25(29)23(7-2)27(17-20-10-14-22(31-5)15-11-20)24(28)16-19-8-12-21(30-4)13-9-19/h8-15,18,23H,6-7,16-17H2,1-5H3,(H,26,29). The largest absolute Gasteiger partial charge is 0.497 e. The van der Waals surface area contributed by atoms with Crippen LogP contribution in [0, 0.1) is 0 Å². The third kappa shape index (κ3) is 7.02. The van der Waals surface area contributed by atoms with Crippen molar-refractivity contribution >= 4 is 11.8 Å². The number of carbonyl (C=O) groups is 2. The van der Waals surface area contributed by atoms with Crippen LogP contribution in [0.1, 0.15) is 44.7 Å². The summed E-state index contributed by atoms with van der Waals surface area (Å²) in [7, 11) is 3.23. The molecule has 0 saturated carbocycles. The number of nitrogens with zero attached hydrogens (tertiary/aromatic N) is 1. The SMILES string of the molecule is CCC(C)NC(=O)C(CC)N(Cc1ccc(OC)cc1)C(=O)Cc1ccc(OC)cc1. The lowest BCUT2D eigenvalue weighted by atomic mass is 10.1. The van der Waals surface area contributed by atoms with Crippen LogP contribution in [0.15, 0.2) is 48.5 Å². The summed E-state index contributed by atoms with van der Waals surface area (Å²) in [6.45, 7) is 6.28. The third-order valence-electron chi connectivity index (χ3n) is 5.41. The average molecular weight is 427 g/mol. The van der Waals surface area contributed by atoms with Crippen molar-refractivity contribution in [3.05, 3.63) is 59.7 Å². The maximum atomic E-state index is 13.3. The highest BCUT2D eigenvalue weighted by Gasteiger charge is 2.29. The minimum Gasteiger partial charge on any atom is -0.497 e. The molecule has 2 amide bonds. The molecule has 6 heteroatoms. The van der Waals surface area contributed by atoms with E-state index in [0.29, 0.717) is 13.0 Å². The smallest absolute Gasteiger partial charge is 0.243 e. The van der Waals surface area contributed by atoms with E-state index in [2.05, 4.69) is 5.32 Å². The number of benzene rings is 2. The van der Waals surface area contributed by atoms with Gasteiger partial charge in [-0.25, -0.2) is 0 Å². The summed E-state index contributed by atoms with van der Waals surface area (Å²) >= 11 is 0. The minimum absolute atomic E-state index is 0.0566. The fraction of sp³-hybridized carbons (Fsp3) is 0.440. The minimum atomic E-state index is -0.540. The molecule has 0 spiro atoms. The molecule has 168 valence electrons. The van der Waals surface area contributed by atoms with Gasteiger partial charge in [-0.05, 0) is 55.2 Å². The lowest BCUT2D eigenvalue weighted by Crippen LogP contribution is -2.51. The number of methoxy groups -OCH3 is 2. The van der Waals surface area contributed by atoms with E-state index in [1.165, 1.54) is 0 Å². The monoisotopic (exact) mass is 426 g/mol. The summed E-state index contributed by atoms with van der Waals surface area (Å²) in [5.41, 5.74) is 1.82. The summed E-state index contributed by atoms with van der Waals surface area (Å²) in [6, 6.07) is 14.5. The van der Waals surface area contributed by atoms with Crippen molar-refractivity contribution in [2.75, 3.05) is 14.2 Å². The molecule has 2 unspecified atom stereocenters. The van der Waals surface area contributed by atoms with Crippen LogP contribution >= 0.6 is 0 Å². The zero-order valence-corrected chi connectivity index (χ0v) is 19.2. The Kier molecular flexibility index (Phi) is 9.38. The number of carbonyl (C=O) groups excluding carboxylic acids is 2. The number of nitrogens with one attached hydrogen (secondary N) is 1. The van der Waals surface area contributed by atoms with E-state index in [4.69, 9.17) is 9.47 Å². The molecular weight excluding hydrogens is 392 g/mol. The van der Waals surface area contributed by atoms with Crippen LogP contribution < -0.4 is 14.8 Å². The van der Waals surface area contributed by atoms with Crippen LogP contribution in [0.3, 0.4) is 0 Å². The molecule has 0 bridgehead atoms. The zero-order valence-electron chi connectivity index (χ0n) is 19.2. The highest BCUT2D eigenvalue weighted by Crippen LogP contribution is 2.18. The van der Waals surface area contributed by atoms with Gasteiger partial charge in [0.05, 0.1) is 20.6 Å². The van der Waals surface area contributed by atoms with Crippen molar-refractivity contribution in [3.8, 4) is 11.5 Å². The number of amides is 2. The van der Waals surface area contributed by atoms with Gasteiger partial charge in [0.1, 0.15) is 17.5 Å². The van der Waals surface area contributed by atoms with E-state index in [0.717, 1.165) is 29.0 Å². The van der Waals surface area contributed by atoms with E-state index in [-0.39, 0.29) is 24.3 Å². The van der Waals surface area contributed by atoms with Gasteiger partial charge in [-0.2, -0.15) is 0 Å². The average Bonchev–Trinajstić information content (AvgIpc) is 2.79. The molecule has 0 heterocycles. The molecule has 0 fully saturated rings. The summed E-state index contributed by atoms with van der Waals surface area (Å²) in [5.74, 6) is 1.28.